The fourth-order valence-electron chi connectivity index (χ4n) is 2.27. The maximum absolute atomic E-state index is 5.98. The Morgan fingerprint density at radius 3 is 2.91 bits per heavy atom. The summed E-state index contributed by atoms with van der Waals surface area (Å²) in [6.45, 7) is 4.15. The molecule has 0 aliphatic carbocycles. The summed E-state index contributed by atoms with van der Waals surface area (Å²) in [5.41, 5.74) is 0.994. The molecule has 0 atom stereocenters. The van der Waals surface area contributed by atoms with Crippen LogP contribution in [0.2, 0.25) is 5.02 Å². The van der Waals surface area contributed by atoms with Gasteiger partial charge in [-0.15, -0.1) is 0 Å². The molecule has 5 nitrogen and oxygen atoms in total. The van der Waals surface area contributed by atoms with Crippen LogP contribution in [0.15, 0.2) is 35.1 Å². The first kappa shape index (κ1) is 15.5. The first-order valence-corrected chi connectivity index (χ1v) is 8.25. The largest absolute Gasteiger partial charge is 0.471 e. The average Bonchev–Trinajstić information content (AvgIpc) is 2.55. The number of hydrogen-bond donors (Lipinski definition) is 1. The van der Waals surface area contributed by atoms with Crippen LogP contribution < -0.4 is 15.0 Å². The topological polar surface area (TPSA) is 50.3 Å². The lowest BCUT2D eigenvalue weighted by Crippen LogP contribution is -2.43. The highest BCUT2D eigenvalue weighted by Gasteiger charge is 2.15. The molecule has 1 saturated heterocycles. The third kappa shape index (κ3) is 3.88. The standard InChI is InChI=1S/C15H16BrClN4O/c16-14-15(22-10-11-2-1-3-12(17)8-11)20-13(9-19-14)21-6-4-18-5-7-21/h1-3,8-9,18H,4-7,10H2. The fraction of sp³-hybridized carbons (Fsp3) is 0.333. The Hall–Kier alpha value is -1.37. The molecule has 1 N–H and O–H groups in total. The van der Waals surface area contributed by atoms with Gasteiger partial charge in [-0.25, -0.2) is 4.98 Å². The quantitative estimate of drug-likeness (QED) is 0.880. The number of piperazine rings is 1. The second kappa shape index (κ2) is 7.26. The summed E-state index contributed by atoms with van der Waals surface area (Å²) in [7, 11) is 0. The van der Waals surface area contributed by atoms with Crippen LogP contribution in [0, 0.1) is 0 Å². The summed E-state index contributed by atoms with van der Waals surface area (Å²) in [4.78, 5) is 11.1. The Morgan fingerprint density at radius 1 is 1.32 bits per heavy atom. The van der Waals surface area contributed by atoms with Crippen molar-refractivity contribution < 1.29 is 4.74 Å². The van der Waals surface area contributed by atoms with E-state index < -0.39 is 0 Å². The minimum atomic E-state index is 0.402. The van der Waals surface area contributed by atoms with Crippen molar-refractivity contribution in [2.24, 2.45) is 0 Å². The van der Waals surface area contributed by atoms with Crippen LogP contribution in [0.1, 0.15) is 5.56 Å². The monoisotopic (exact) mass is 382 g/mol. The van der Waals surface area contributed by atoms with E-state index in [0.29, 0.717) is 22.1 Å². The van der Waals surface area contributed by atoms with Crippen molar-refractivity contribution >= 4 is 33.3 Å². The predicted octanol–water partition coefficient (Wildman–Crippen LogP) is 2.88. The number of nitrogens with zero attached hydrogens (tertiary/aromatic N) is 3. The van der Waals surface area contributed by atoms with E-state index in [1.54, 1.807) is 6.20 Å². The van der Waals surface area contributed by atoms with Gasteiger partial charge in [0.1, 0.15) is 6.61 Å². The first-order valence-electron chi connectivity index (χ1n) is 7.08. The Balaban J connectivity index is 1.72. The van der Waals surface area contributed by atoms with Gasteiger partial charge in [-0.2, -0.15) is 4.98 Å². The van der Waals surface area contributed by atoms with Crippen LogP contribution in [0.5, 0.6) is 5.88 Å². The highest BCUT2D eigenvalue weighted by atomic mass is 79.9. The van der Waals surface area contributed by atoms with Gasteiger partial charge in [-0.1, -0.05) is 23.7 Å². The van der Waals surface area contributed by atoms with E-state index in [0.717, 1.165) is 37.6 Å². The van der Waals surface area contributed by atoms with Crippen molar-refractivity contribution in [2.75, 3.05) is 31.1 Å². The minimum absolute atomic E-state index is 0.402. The Labute approximate surface area is 142 Å². The summed E-state index contributed by atoms with van der Waals surface area (Å²) in [6.07, 6.45) is 1.77. The predicted molar refractivity (Wildman–Crippen MR) is 90.6 cm³/mol. The van der Waals surface area contributed by atoms with Gasteiger partial charge in [0, 0.05) is 31.2 Å². The Morgan fingerprint density at radius 2 is 2.14 bits per heavy atom. The highest BCUT2D eigenvalue weighted by Crippen LogP contribution is 2.24. The van der Waals surface area contributed by atoms with Gasteiger partial charge in [-0.3, -0.25) is 0 Å². The average molecular weight is 384 g/mol. The maximum Gasteiger partial charge on any atom is 0.249 e. The number of ether oxygens (including phenoxy) is 1. The minimum Gasteiger partial charge on any atom is -0.471 e. The zero-order valence-corrected chi connectivity index (χ0v) is 14.3. The lowest BCUT2D eigenvalue weighted by molar-refractivity contribution is 0.290. The summed E-state index contributed by atoms with van der Waals surface area (Å²) >= 11 is 9.37. The number of benzene rings is 1. The summed E-state index contributed by atoms with van der Waals surface area (Å²) in [6, 6.07) is 7.58. The summed E-state index contributed by atoms with van der Waals surface area (Å²) in [5.74, 6) is 1.34. The zero-order chi connectivity index (χ0) is 15.4. The van der Waals surface area contributed by atoms with Crippen LogP contribution in [0.25, 0.3) is 0 Å². The first-order chi connectivity index (χ1) is 10.7. The van der Waals surface area contributed by atoms with E-state index in [9.17, 15) is 0 Å². The maximum atomic E-state index is 5.98. The molecule has 0 radical (unpaired) electrons. The van der Waals surface area contributed by atoms with E-state index in [-0.39, 0.29) is 0 Å². The fourth-order valence-corrected chi connectivity index (χ4v) is 2.78. The van der Waals surface area contributed by atoms with Gasteiger partial charge in [-0.05, 0) is 33.6 Å². The van der Waals surface area contributed by atoms with Crippen LogP contribution >= 0.6 is 27.5 Å². The number of nitrogens with one attached hydrogen (secondary N) is 1. The number of halogens is 2. The highest BCUT2D eigenvalue weighted by molar-refractivity contribution is 9.10. The SMILES string of the molecule is Clc1cccc(COc2nc(N3CCNCC3)cnc2Br)c1. The zero-order valence-electron chi connectivity index (χ0n) is 11.9. The Bertz CT molecular complexity index is 649. The van der Waals surface area contributed by atoms with Crippen molar-refractivity contribution in [3.05, 3.63) is 45.7 Å². The molecule has 22 heavy (non-hydrogen) atoms. The Kier molecular flexibility index (Phi) is 5.12. The van der Waals surface area contributed by atoms with E-state index in [1.165, 1.54) is 0 Å². The smallest absolute Gasteiger partial charge is 0.249 e. The van der Waals surface area contributed by atoms with Gasteiger partial charge in [0.15, 0.2) is 10.4 Å². The molecule has 1 aromatic heterocycles. The number of rotatable bonds is 4. The molecule has 3 rings (SSSR count). The second-order valence-electron chi connectivity index (χ2n) is 4.98. The van der Waals surface area contributed by atoms with Gasteiger partial charge < -0.3 is 15.0 Å². The van der Waals surface area contributed by atoms with Crippen molar-refractivity contribution in [2.45, 2.75) is 6.61 Å². The molecular formula is C15H16BrClN4O. The van der Waals surface area contributed by atoms with Crippen LogP contribution in [0.4, 0.5) is 5.82 Å². The molecule has 0 saturated carbocycles. The van der Waals surface area contributed by atoms with E-state index in [2.05, 4.69) is 36.1 Å². The molecule has 1 aliphatic rings. The van der Waals surface area contributed by atoms with Gasteiger partial charge >= 0.3 is 0 Å². The number of hydrogen-bond acceptors (Lipinski definition) is 5. The molecule has 1 aromatic carbocycles. The number of anilines is 1. The summed E-state index contributed by atoms with van der Waals surface area (Å²) < 4.78 is 6.39. The molecule has 116 valence electrons. The third-order valence-corrected chi connectivity index (χ3v) is 4.17. The molecule has 1 aliphatic heterocycles. The molecule has 2 aromatic rings. The third-order valence-electron chi connectivity index (χ3n) is 3.39. The molecule has 7 heteroatoms. The molecule has 0 unspecified atom stereocenters. The summed E-state index contributed by atoms with van der Waals surface area (Å²) in [5, 5.41) is 4.01. The van der Waals surface area contributed by atoms with E-state index in [1.807, 2.05) is 24.3 Å². The molecule has 2 heterocycles. The van der Waals surface area contributed by atoms with E-state index in [4.69, 9.17) is 16.3 Å². The van der Waals surface area contributed by atoms with Crippen LogP contribution in [-0.2, 0) is 6.61 Å². The molecule has 0 amide bonds. The lowest BCUT2D eigenvalue weighted by Gasteiger charge is -2.28. The van der Waals surface area contributed by atoms with E-state index >= 15 is 0 Å². The van der Waals surface area contributed by atoms with Gasteiger partial charge in [0.05, 0.1) is 6.20 Å². The van der Waals surface area contributed by atoms with Crippen LogP contribution in [-0.4, -0.2) is 36.1 Å². The lowest BCUT2D eigenvalue weighted by atomic mass is 10.2. The van der Waals surface area contributed by atoms with Gasteiger partial charge in [0.25, 0.3) is 0 Å². The molecule has 1 fully saturated rings. The van der Waals surface area contributed by atoms with Crippen LogP contribution in [0.3, 0.4) is 0 Å². The second-order valence-corrected chi connectivity index (χ2v) is 6.17. The van der Waals surface area contributed by atoms with Crippen molar-refractivity contribution in [1.29, 1.82) is 0 Å². The number of aromatic nitrogens is 2. The van der Waals surface area contributed by atoms with Gasteiger partial charge in [0.2, 0.25) is 5.88 Å². The van der Waals surface area contributed by atoms with Crippen molar-refractivity contribution in [1.82, 2.24) is 15.3 Å². The molecular weight excluding hydrogens is 368 g/mol. The van der Waals surface area contributed by atoms with Crippen molar-refractivity contribution in [3.8, 4) is 5.88 Å². The normalized spacial score (nSPS) is 14.9. The van der Waals surface area contributed by atoms with Crippen molar-refractivity contribution in [3.63, 3.8) is 0 Å². The molecule has 0 spiro atoms. The molecule has 0 bridgehead atoms.